The molecule has 0 bridgehead atoms. The van der Waals surface area contributed by atoms with Crippen LogP contribution in [0.2, 0.25) is 0 Å². The molecule has 0 unspecified atom stereocenters. The van der Waals surface area contributed by atoms with E-state index in [4.69, 9.17) is 9.72 Å². The van der Waals surface area contributed by atoms with E-state index in [2.05, 4.69) is 31.5 Å². The quantitative estimate of drug-likeness (QED) is 0.418. The largest absolute Gasteiger partial charge is 0.391 e. The number of anilines is 1. The van der Waals surface area contributed by atoms with E-state index >= 15 is 0 Å². The molecule has 0 radical (unpaired) electrons. The van der Waals surface area contributed by atoms with Crippen LogP contribution in [0.5, 0.6) is 0 Å². The second-order valence-electron chi connectivity index (χ2n) is 8.99. The predicted molar refractivity (Wildman–Crippen MR) is 127 cm³/mol. The Bertz CT molecular complexity index is 1370. The maximum Gasteiger partial charge on any atom is 0.257 e. The van der Waals surface area contributed by atoms with Gasteiger partial charge in [-0.15, -0.1) is 0 Å². The summed E-state index contributed by atoms with van der Waals surface area (Å²) in [6.07, 6.45) is 8.21. The van der Waals surface area contributed by atoms with Gasteiger partial charge in [0.05, 0.1) is 36.7 Å². The molecule has 10 nitrogen and oxygen atoms in total. The molecule has 10 heteroatoms. The molecule has 1 saturated heterocycles. The van der Waals surface area contributed by atoms with Gasteiger partial charge in [-0.1, -0.05) is 0 Å². The van der Waals surface area contributed by atoms with Crippen LogP contribution in [0.25, 0.3) is 27.9 Å². The molecule has 1 aliphatic carbocycles. The van der Waals surface area contributed by atoms with Crippen molar-refractivity contribution < 1.29 is 14.6 Å². The maximum absolute atomic E-state index is 13.1. The number of aliphatic hydroxyl groups excluding tert-OH is 1. The molecule has 2 aliphatic rings. The molecule has 34 heavy (non-hydrogen) atoms. The molecule has 0 aromatic carbocycles. The highest BCUT2D eigenvalue weighted by Gasteiger charge is 2.29. The predicted octanol–water partition coefficient (Wildman–Crippen LogP) is 2.39. The van der Waals surface area contributed by atoms with Crippen LogP contribution in [-0.2, 0) is 4.74 Å². The first kappa shape index (κ1) is 21.1. The summed E-state index contributed by atoms with van der Waals surface area (Å²) in [6, 6.07) is 5.88. The lowest BCUT2D eigenvalue weighted by Gasteiger charge is -2.16. The number of ether oxygens (including phenoxy) is 1. The molecule has 1 amide bonds. The van der Waals surface area contributed by atoms with Crippen molar-refractivity contribution in [3.63, 3.8) is 0 Å². The number of aliphatic hydroxyl groups is 1. The molecule has 0 spiro atoms. The Morgan fingerprint density at radius 3 is 2.94 bits per heavy atom. The first-order chi connectivity index (χ1) is 16.6. The lowest BCUT2D eigenvalue weighted by Crippen LogP contribution is -2.39. The summed E-state index contributed by atoms with van der Waals surface area (Å²) in [5, 5.41) is 21.7. The van der Waals surface area contributed by atoms with Crippen LogP contribution >= 0.6 is 0 Å². The van der Waals surface area contributed by atoms with Crippen LogP contribution in [0.3, 0.4) is 0 Å². The summed E-state index contributed by atoms with van der Waals surface area (Å²) in [4.78, 5) is 22.6. The monoisotopic (exact) mass is 461 g/mol. The number of nitrogens with zero attached hydrogens (tertiary/aromatic N) is 5. The fraction of sp³-hybridized carbons (Fsp3) is 0.417. The Morgan fingerprint density at radius 2 is 2.18 bits per heavy atom. The molecule has 1 saturated carbocycles. The lowest BCUT2D eigenvalue weighted by atomic mass is 10.1. The molecule has 2 fully saturated rings. The molecule has 1 aliphatic heterocycles. The van der Waals surface area contributed by atoms with E-state index in [0.29, 0.717) is 30.1 Å². The van der Waals surface area contributed by atoms with E-state index in [9.17, 15) is 9.90 Å². The summed E-state index contributed by atoms with van der Waals surface area (Å²) in [6.45, 7) is 1.40. The average molecular weight is 462 g/mol. The van der Waals surface area contributed by atoms with Gasteiger partial charge in [-0.25, -0.2) is 9.97 Å². The standard InChI is InChI=1S/C24H27N7O3/c1-25-21-10-19(17-12-30(14-7-9-34-13-14)22-15(17)4-3-8-26-22)28-23-16(11-27-31(21)23)24(33)29-18-5-2-6-20(18)32/h3-4,8,10-12,14,18,20,25,32H,2,5-7,9,13H2,1H3,(H,29,33)/t14-,18-,20+/m1/s1. The number of aromatic nitrogens is 5. The summed E-state index contributed by atoms with van der Waals surface area (Å²) in [5.41, 5.74) is 3.39. The minimum atomic E-state index is -0.514. The van der Waals surface area contributed by atoms with Crippen LogP contribution in [0.1, 0.15) is 42.1 Å². The molecule has 4 aromatic heterocycles. The highest BCUT2D eigenvalue weighted by atomic mass is 16.5. The summed E-state index contributed by atoms with van der Waals surface area (Å²) in [5.74, 6) is 0.439. The van der Waals surface area contributed by atoms with Gasteiger partial charge in [0.2, 0.25) is 0 Å². The number of carbonyl (C=O) groups excluding carboxylic acids is 1. The van der Waals surface area contributed by atoms with Crippen LogP contribution in [0.15, 0.2) is 36.8 Å². The zero-order valence-corrected chi connectivity index (χ0v) is 18.9. The molecule has 176 valence electrons. The third-order valence-electron chi connectivity index (χ3n) is 6.93. The Balaban J connectivity index is 1.46. The fourth-order valence-corrected chi connectivity index (χ4v) is 5.10. The molecular weight excluding hydrogens is 434 g/mol. The number of carbonyl (C=O) groups is 1. The van der Waals surface area contributed by atoms with Crippen molar-refractivity contribution in [3.8, 4) is 11.3 Å². The van der Waals surface area contributed by atoms with Gasteiger partial charge in [-0.05, 0) is 37.8 Å². The van der Waals surface area contributed by atoms with Crippen molar-refractivity contribution in [1.82, 2.24) is 29.5 Å². The van der Waals surface area contributed by atoms with Gasteiger partial charge in [0.1, 0.15) is 17.0 Å². The number of pyridine rings is 1. The lowest BCUT2D eigenvalue weighted by molar-refractivity contribution is 0.0874. The van der Waals surface area contributed by atoms with Crippen LogP contribution in [0, 0.1) is 0 Å². The topological polar surface area (TPSA) is 119 Å². The Kier molecular flexibility index (Phi) is 5.19. The Labute approximate surface area is 196 Å². The highest BCUT2D eigenvalue weighted by Crippen LogP contribution is 2.34. The van der Waals surface area contributed by atoms with Gasteiger partial charge < -0.3 is 25.0 Å². The smallest absolute Gasteiger partial charge is 0.257 e. The Hall–Kier alpha value is -3.50. The highest BCUT2D eigenvalue weighted by molar-refractivity contribution is 6.01. The van der Waals surface area contributed by atoms with Gasteiger partial charge in [-0.2, -0.15) is 9.61 Å². The van der Waals surface area contributed by atoms with E-state index in [0.717, 1.165) is 48.2 Å². The van der Waals surface area contributed by atoms with E-state index < -0.39 is 6.10 Å². The van der Waals surface area contributed by atoms with Crippen LogP contribution < -0.4 is 10.6 Å². The molecule has 3 atom stereocenters. The summed E-state index contributed by atoms with van der Waals surface area (Å²) < 4.78 is 9.42. The number of nitrogens with one attached hydrogen (secondary N) is 2. The third-order valence-corrected chi connectivity index (χ3v) is 6.93. The minimum Gasteiger partial charge on any atom is -0.391 e. The first-order valence-corrected chi connectivity index (χ1v) is 11.7. The zero-order valence-electron chi connectivity index (χ0n) is 18.9. The fourth-order valence-electron chi connectivity index (χ4n) is 5.10. The van der Waals surface area contributed by atoms with Gasteiger partial charge in [0, 0.05) is 43.1 Å². The maximum atomic E-state index is 13.1. The zero-order chi connectivity index (χ0) is 23.2. The Morgan fingerprint density at radius 1 is 1.26 bits per heavy atom. The number of rotatable bonds is 5. The molecular formula is C24H27N7O3. The van der Waals surface area contributed by atoms with Gasteiger partial charge in [-0.3, -0.25) is 4.79 Å². The van der Waals surface area contributed by atoms with E-state index in [1.54, 1.807) is 10.7 Å². The molecule has 6 rings (SSSR count). The van der Waals surface area contributed by atoms with Gasteiger partial charge >= 0.3 is 0 Å². The number of fused-ring (bicyclic) bond motifs is 2. The van der Waals surface area contributed by atoms with Crippen molar-refractivity contribution in [2.24, 2.45) is 0 Å². The van der Waals surface area contributed by atoms with Crippen LogP contribution in [0.4, 0.5) is 5.82 Å². The van der Waals surface area contributed by atoms with Crippen molar-refractivity contribution in [1.29, 1.82) is 0 Å². The van der Waals surface area contributed by atoms with Gasteiger partial charge in [0.15, 0.2) is 5.65 Å². The summed E-state index contributed by atoms with van der Waals surface area (Å²) in [7, 11) is 1.82. The molecule has 3 N–H and O–H groups in total. The van der Waals surface area contributed by atoms with E-state index in [1.807, 2.05) is 25.2 Å². The van der Waals surface area contributed by atoms with Crippen molar-refractivity contribution >= 4 is 28.4 Å². The van der Waals surface area contributed by atoms with Crippen LogP contribution in [-0.4, -0.2) is 67.6 Å². The van der Waals surface area contributed by atoms with Crippen molar-refractivity contribution in [2.75, 3.05) is 25.6 Å². The third kappa shape index (κ3) is 3.41. The minimum absolute atomic E-state index is 0.229. The summed E-state index contributed by atoms with van der Waals surface area (Å²) >= 11 is 0. The number of hydrogen-bond donors (Lipinski definition) is 3. The second-order valence-corrected chi connectivity index (χ2v) is 8.99. The number of hydrogen-bond acceptors (Lipinski definition) is 7. The van der Waals surface area contributed by atoms with E-state index in [1.165, 1.54) is 6.20 Å². The SMILES string of the molecule is CNc1cc(-c2cn([C@@H]3CCOC3)c3ncccc23)nc2c(C(=O)N[C@@H]3CCC[C@@H]3O)cnn12. The number of amides is 1. The molecule has 4 aromatic rings. The first-order valence-electron chi connectivity index (χ1n) is 11.7. The normalized spacial score (nSPS) is 22.6. The second kappa shape index (κ2) is 8.37. The molecule has 5 heterocycles. The average Bonchev–Trinajstić information content (AvgIpc) is 3.64. The van der Waals surface area contributed by atoms with E-state index in [-0.39, 0.29) is 18.0 Å². The van der Waals surface area contributed by atoms with Crippen molar-refractivity contribution in [3.05, 3.63) is 42.4 Å². The van der Waals surface area contributed by atoms with Gasteiger partial charge in [0.25, 0.3) is 5.91 Å². The van der Waals surface area contributed by atoms with Crippen molar-refractivity contribution in [2.45, 2.75) is 43.9 Å².